The van der Waals surface area contributed by atoms with Crippen LogP contribution >= 0.6 is 0 Å². The Morgan fingerprint density at radius 2 is 2.00 bits per heavy atom. The van der Waals surface area contributed by atoms with Crippen molar-refractivity contribution in [2.45, 2.75) is 33.2 Å². The molecule has 0 aliphatic carbocycles. The van der Waals surface area contributed by atoms with Gasteiger partial charge in [-0.25, -0.2) is 0 Å². The Morgan fingerprint density at radius 1 is 1.33 bits per heavy atom. The third-order valence-corrected chi connectivity index (χ3v) is 3.78. The molecule has 1 aliphatic heterocycles. The van der Waals surface area contributed by atoms with Crippen LogP contribution in [0.15, 0.2) is 16.5 Å². The average Bonchev–Trinajstić information content (AvgIpc) is 2.88. The second-order valence-electron chi connectivity index (χ2n) is 4.97. The summed E-state index contributed by atoms with van der Waals surface area (Å²) in [4.78, 5) is 15.9. The van der Waals surface area contributed by atoms with E-state index < -0.39 is 0 Å². The molecule has 1 aliphatic rings. The molecule has 100 valence electrons. The molecule has 0 saturated carbocycles. The number of nitrogens with zero attached hydrogens (tertiary/aromatic N) is 2. The molecule has 1 aromatic heterocycles. The molecule has 4 nitrogen and oxygen atoms in total. The highest BCUT2D eigenvalue weighted by Gasteiger charge is 2.22. The van der Waals surface area contributed by atoms with E-state index in [1.54, 1.807) is 6.07 Å². The van der Waals surface area contributed by atoms with Gasteiger partial charge >= 0.3 is 0 Å². The van der Waals surface area contributed by atoms with E-state index >= 15 is 0 Å². The Labute approximate surface area is 109 Å². The largest absolute Gasteiger partial charge is 0.437 e. The van der Waals surface area contributed by atoms with Crippen molar-refractivity contribution in [3.05, 3.63) is 17.9 Å². The first kappa shape index (κ1) is 13.1. The van der Waals surface area contributed by atoms with Gasteiger partial charge in [0.25, 0.3) is 0 Å². The minimum Gasteiger partial charge on any atom is -0.437 e. The highest BCUT2D eigenvalue weighted by molar-refractivity contribution is 5.91. The van der Waals surface area contributed by atoms with E-state index in [4.69, 9.17) is 4.42 Å². The molecule has 1 unspecified atom stereocenters. The second-order valence-corrected chi connectivity index (χ2v) is 4.97. The average molecular weight is 250 g/mol. The summed E-state index contributed by atoms with van der Waals surface area (Å²) < 4.78 is 5.56. The van der Waals surface area contributed by atoms with Gasteiger partial charge in [-0.15, -0.1) is 0 Å². The molecule has 4 heteroatoms. The van der Waals surface area contributed by atoms with Crippen molar-refractivity contribution >= 4 is 11.7 Å². The zero-order chi connectivity index (χ0) is 13.1. The van der Waals surface area contributed by atoms with Crippen molar-refractivity contribution < 1.29 is 9.21 Å². The fourth-order valence-electron chi connectivity index (χ4n) is 2.33. The van der Waals surface area contributed by atoms with Crippen LogP contribution in [0, 0.1) is 0 Å². The molecule has 18 heavy (non-hydrogen) atoms. The first-order valence-electron chi connectivity index (χ1n) is 6.71. The minimum absolute atomic E-state index is 0.0144. The quantitative estimate of drug-likeness (QED) is 0.769. The van der Waals surface area contributed by atoms with Crippen LogP contribution in [-0.4, -0.2) is 42.9 Å². The number of carbonyl (C=O) groups is 1. The lowest BCUT2D eigenvalue weighted by atomic mass is 10.2. The third kappa shape index (κ3) is 2.75. The number of hydrogen-bond acceptors (Lipinski definition) is 4. The van der Waals surface area contributed by atoms with E-state index in [-0.39, 0.29) is 5.78 Å². The summed E-state index contributed by atoms with van der Waals surface area (Å²) in [7, 11) is 0. The lowest BCUT2D eigenvalue weighted by Crippen LogP contribution is -2.49. The Morgan fingerprint density at radius 3 is 2.50 bits per heavy atom. The molecule has 1 fully saturated rings. The summed E-state index contributed by atoms with van der Waals surface area (Å²) in [6.45, 7) is 10.1. The lowest BCUT2D eigenvalue weighted by Gasteiger charge is -2.37. The number of hydrogen-bond donors (Lipinski definition) is 0. The number of furan rings is 1. The highest BCUT2D eigenvalue weighted by atomic mass is 16.4. The maximum atomic E-state index is 11.2. The molecular weight excluding hydrogens is 228 g/mol. The van der Waals surface area contributed by atoms with E-state index in [2.05, 4.69) is 23.6 Å². The molecule has 0 N–H and O–H groups in total. The van der Waals surface area contributed by atoms with Gasteiger partial charge in [0.05, 0.1) is 0 Å². The molecule has 0 amide bonds. The third-order valence-electron chi connectivity index (χ3n) is 3.78. The van der Waals surface area contributed by atoms with Gasteiger partial charge in [-0.3, -0.25) is 9.69 Å². The van der Waals surface area contributed by atoms with Gasteiger partial charge in [0.1, 0.15) is 0 Å². The smallest absolute Gasteiger partial charge is 0.196 e. The minimum atomic E-state index is -0.0144. The van der Waals surface area contributed by atoms with Crippen LogP contribution in [0.2, 0.25) is 0 Å². The van der Waals surface area contributed by atoms with Crippen LogP contribution in [-0.2, 0) is 0 Å². The predicted octanol–water partition coefficient (Wildman–Crippen LogP) is 2.40. The summed E-state index contributed by atoms with van der Waals surface area (Å²) >= 11 is 0. The fraction of sp³-hybridized carbons (Fsp3) is 0.643. The molecule has 0 spiro atoms. The Kier molecular flexibility index (Phi) is 4.07. The normalized spacial score (nSPS) is 18.9. The van der Waals surface area contributed by atoms with Crippen molar-refractivity contribution in [3.8, 4) is 0 Å². The summed E-state index contributed by atoms with van der Waals surface area (Å²) in [5.74, 6) is 1.26. The lowest BCUT2D eigenvalue weighted by molar-refractivity contribution is 0.0987. The summed E-state index contributed by atoms with van der Waals surface area (Å²) in [5.41, 5.74) is 0. The van der Waals surface area contributed by atoms with E-state index in [1.807, 2.05) is 6.07 Å². The molecule has 0 radical (unpaired) electrons. The molecule has 2 heterocycles. The van der Waals surface area contributed by atoms with Gasteiger partial charge in [-0.05, 0) is 19.4 Å². The molecule has 1 aromatic rings. The Balaban J connectivity index is 1.94. The van der Waals surface area contributed by atoms with Crippen LogP contribution in [0.4, 0.5) is 5.88 Å². The van der Waals surface area contributed by atoms with E-state index in [1.165, 1.54) is 13.3 Å². The van der Waals surface area contributed by atoms with Gasteiger partial charge in [-0.1, -0.05) is 6.92 Å². The van der Waals surface area contributed by atoms with Gasteiger partial charge in [0.2, 0.25) is 0 Å². The standard InChI is InChI=1S/C14H22N2O2/c1-4-11(2)15-7-9-16(10-8-15)14-6-5-13(18-14)12(3)17/h5-6,11H,4,7-10H2,1-3H3. The zero-order valence-corrected chi connectivity index (χ0v) is 11.5. The first-order chi connectivity index (χ1) is 8.61. The van der Waals surface area contributed by atoms with Gasteiger partial charge in [0, 0.05) is 45.2 Å². The molecule has 1 saturated heterocycles. The van der Waals surface area contributed by atoms with Crippen molar-refractivity contribution in [2.75, 3.05) is 31.1 Å². The van der Waals surface area contributed by atoms with Crippen molar-refractivity contribution in [3.63, 3.8) is 0 Å². The highest BCUT2D eigenvalue weighted by Crippen LogP contribution is 2.21. The van der Waals surface area contributed by atoms with Gasteiger partial charge < -0.3 is 9.32 Å². The van der Waals surface area contributed by atoms with Gasteiger partial charge in [-0.2, -0.15) is 0 Å². The maximum absolute atomic E-state index is 11.2. The SMILES string of the molecule is CCC(C)N1CCN(c2ccc(C(C)=O)o2)CC1. The molecule has 0 aromatic carbocycles. The van der Waals surface area contributed by atoms with E-state index in [0.717, 1.165) is 32.1 Å². The summed E-state index contributed by atoms with van der Waals surface area (Å²) in [5, 5.41) is 0. The number of rotatable bonds is 4. The predicted molar refractivity (Wildman–Crippen MR) is 72.3 cm³/mol. The molecule has 1 atom stereocenters. The number of carbonyl (C=O) groups excluding carboxylic acids is 1. The van der Waals surface area contributed by atoms with Crippen molar-refractivity contribution in [2.24, 2.45) is 0 Å². The molecule has 2 rings (SSSR count). The van der Waals surface area contributed by atoms with E-state index in [9.17, 15) is 4.79 Å². The fourth-order valence-corrected chi connectivity index (χ4v) is 2.33. The van der Waals surface area contributed by atoms with Crippen LogP contribution in [0.5, 0.6) is 0 Å². The van der Waals surface area contributed by atoms with Crippen LogP contribution < -0.4 is 4.90 Å². The van der Waals surface area contributed by atoms with Crippen molar-refractivity contribution in [1.82, 2.24) is 4.90 Å². The number of anilines is 1. The summed E-state index contributed by atoms with van der Waals surface area (Å²) in [6, 6.07) is 4.31. The maximum Gasteiger partial charge on any atom is 0.196 e. The Hall–Kier alpha value is -1.29. The molecular formula is C14H22N2O2. The van der Waals surface area contributed by atoms with E-state index in [0.29, 0.717) is 11.8 Å². The Bertz CT molecular complexity index is 406. The topological polar surface area (TPSA) is 36.7 Å². The van der Waals surface area contributed by atoms with Crippen LogP contribution in [0.1, 0.15) is 37.7 Å². The monoisotopic (exact) mass is 250 g/mol. The summed E-state index contributed by atoms with van der Waals surface area (Å²) in [6.07, 6.45) is 1.19. The van der Waals surface area contributed by atoms with Crippen molar-refractivity contribution in [1.29, 1.82) is 0 Å². The first-order valence-corrected chi connectivity index (χ1v) is 6.71. The van der Waals surface area contributed by atoms with Gasteiger partial charge in [0.15, 0.2) is 17.4 Å². The zero-order valence-electron chi connectivity index (χ0n) is 11.5. The number of piperazine rings is 1. The van der Waals surface area contributed by atoms with Crippen LogP contribution in [0.3, 0.4) is 0 Å². The second kappa shape index (κ2) is 5.57. The number of ketones is 1. The number of Topliss-reactive ketones (excluding diaryl/α,β-unsaturated/α-hetero) is 1. The van der Waals surface area contributed by atoms with Crippen LogP contribution in [0.25, 0.3) is 0 Å². The molecule has 0 bridgehead atoms.